The third-order valence-corrected chi connectivity index (χ3v) is 4.30. The second-order valence-corrected chi connectivity index (χ2v) is 5.28. The van der Waals surface area contributed by atoms with Gasteiger partial charge in [0.25, 0.3) is 0 Å². The molecule has 0 bridgehead atoms. The van der Waals surface area contributed by atoms with Gasteiger partial charge in [-0.25, -0.2) is 0 Å². The van der Waals surface area contributed by atoms with Gasteiger partial charge in [0.05, 0.1) is 9.95 Å². The monoisotopic (exact) mass is 339 g/mol. The van der Waals surface area contributed by atoms with Gasteiger partial charge in [0.2, 0.25) is 0 Å². The van der Waals surface area contributed by atoms with Gasteiger partial charge in [0.1, 0.15) is 0 Å². The molecule has 14 heavy (non-hydrogen) atoms. The van der Waals surface area contributed by atoms with Gasteiger partial charge in [0, 0.05) is 19.7 Å². The van der Waals surface area contributed by atoms with Crippen molar-refractivity contribution in [3.8, 4) is 0 Å². The second-order valence-electron chi connectivity index (χ2n) is 2.65. The second kappa shape index (κ2) is 3.63. The fourth-order valence-corrected chi connectivity index (χ4v) is 2.86. The number of hydrogen-bond donors (Lipinski definition) is 0. The molecule has 72 valence electrons. The van der Waals surface area contributed by atoms with E-state index in [4.69, 9.17) is 11.6 Å². The van der Waals surface area contributed by atoms with Gasteiger partial charge < -0.3 is 0 Å². The number of benzene rings is 1. The minimum Gasteiger partial charge on any atom is -0.258 e. The zero-order chi connectivity index (χ0) is 10.3. The highest BCUT2D eigenvalue weighted by Crippen LogP contribution is 2.34. The lowest BCUT2D eigenvalue weighted by Gasteiger charge is -1.93. The summed E-state index contributed by atoms with van der Waals surface area (Å²) in [4.78, 5) is 10.1. The normalized spacial score (nSPS) is 10.7. The van der Waals surface area contributed by atoms with E-state index in [1.54, 1.807) is 12.1 Å². The largest absolute Gasteiger partial charge is 0.325 e. The SMILES string of the molecule is O=[N+]([O-])c1cc2cc(Cl)c(I)cc2s1. The number of halogens is 2. The van der Waals surface area contributed by atoms with Crippen LogP contribution in [0.3, 0.4) is 0 Å². The van der Waals surface area contributed by atoms with E-state index >= 15 is 0 Å². The molecular weight excluding hydrogens is 337 g/mol. The van der Waals surface area contributed by atoms with Crippen LogP contribution in [-0.4, -0.2) is 4.92 Å². The molecule has 0 atom stereocenters. The van der Waals surface area contributed by atoms with Crippen LogP contribution in [0.15, 0.2) is 18.2 Å². The van der Waals surface area contributed by atoms with E-state index in [2.05, 4.69) is 22.6 Å². The van der Waals surface area contributed by atoms with Crippen molar-refractivity contribution in [1.29, 1.82) is 0 Å². The van der Waals surface area contributed by atoms with Crippen LogP contribution in [0.5, 0.6) is 0 Å². The van der Waals surface area contributed by atoms with Crippen LogP contribution in [0.1, 0.15) is 0 Å². The van der Waals surface area contributed by atoms with Crippen LogP contribution in [0.4, 0.5) is 5.00 Å². The van der Waals surface area contributed by atoms with Gasteiger partial charge >= 0.3 is 5.00 Å². The van der Waals surface area contributed by atoms with Crippen molar-refractivity contribution in [2.24, 2.45) is 0 Å². The first-order valence-corrected chi connectivity index (χ1v) is 5.88. The van der Waals surface area contributed by atoms with Crippen molar-refractivity contribution in [2.75, 3.05) is 0 Å². The Morgan fingerprint density at radius 3 is 2.79 bits per heavy atom. The predicted molar refractivity (Wildman–Crippen MR) is 66.2 cm³/mol. The summed E-state index contributed by atoms with van der Waals surface area (Å²) < 4.78 is 1.80. The number of nitro groups is 1. The number of rotatable bonds is 1. The molecule has 6 heteroatoms. The van der Waals surface area contributed by atoms with Crippen LogP contribution in [0.2, 0.25) is 5.02 Å². The zero-order valence-corrected chi connectivity index (χ0v) is 10.4. The molecule has 0 aliphatic heterocycles. The Morgan fingerprint density at radius 1 is 1.43 bits per heavy atom. The molecule has 0 saturated heterocycles. The van der Waals surface area contributed by atoms with Crippen LogP contribution < -0.4 is 0 Å². The van der Waals surface area contributed by atoms with Crippen molar-refractivity contribution in [1.82, 2.24) is 0 Å². The maximum Gasteiger partial charge on any atom is 0.325 e. The summed E-state index contributed by atoms with van der Waals surface area (Å²) in [6.07, 6.45) is 0. The quantitative estimate of drug-likeness (QED) is 0.446. The first-order valence-electron chi connectivity index (χ1n) is 3.61. The van der Waals surface area contributed by atoms with E-state index in [1.165, 1.54) is 11.3 Å². The molecule has 0 N–H and O–H groups in total. The molecule has 0 unspecified atom stereocenters. The highest BCUT2D eigenvalue weighted by atomic mass is 127. The molecule has 2 rings (SSSR count). The number of hydrogen-bond acceptors (Lipinski definition) is 3. The summed E-state index contributed by atoms with van der Waals surface area (Å²) in [6, 6.07) is 5.15. The van der Waals surface area contributed by atoms with E-state index in [0.717, 1.165) is 13.7 Å². The predicted octanol–water partition coefficient (Wildman–Crippen LogP) is 4.07. The van der Waals surface area contributed by atoms with Gasteiger partial charge in [-0.1, -0.05) is 22.9 Å². The van der Waals surface area contributed by atoms with E-state index < -0.39 is 0 Å². The van der Waals surface area contributed by atoms with E-state index in [1.807, 2.05) is 6.07 Å². The summed E-state index contributed by atoms with van der Waals surface area (Å²) in [6.45, 7) is 0. The van der Waals surface area contributed by atoms with Crippen molar-refractivity contribution in [2.45, 2.75) is 0 Å². The Labute approximate surface area is 102 Å². The van der Waals surface area contributed by atoms with Crippen molar-refractivity contribution in [3.63, 3.8) is 0 Å². The maximum absolute atomic E-state index is 10.5. The summed E-state index contributed by atoms with van der Waals surface area (Å²) >= 11 is 9.17. The molecule has 0 radical (unpaired) electrons. The molecule has 0 amide bonds. The molecule has 0 saturated carbocycles. The Morgan fingerprint density at radius 2 is 2.14 bits per heavy atom. The highest BCUT2D eigenvalue weighted by Gasteiger charge is 2.12. The number of thiophene rings is 1. The molecule has 1 aromatic heterocycles. The average Bonchev–Trinajstić information content (AvgIpc) is 2.48. The Balaban J connectivity index is 2.72. The van der Waals surface area contributed by atoms with Gasteiger partial charge in [-0.05, 0) is 34.7 Å². The fraction of sp³-hybridized carbons (Fsp3) is 0. The molecule has 0 aliphatic rings. The molecule has 1 heterocycles. The minimum atomic E-state index is -0.383. The average molecular weight is 340 g/mol. The molecule has 0 aliphatic carbocycles. The molecule has 0 fully saturated rings. The van der Waals surface area contributed by atoms with Crippen LogP contribution in [0.25, 0.3) is 10.1 Å². The lowest BCUT2D eigenvalue weighted by molar-refractivity contribution is -0.380. The van der Waals surface area contributed by atoms with E-state index in [0.29, 0.717) is 5.02 Å². The van der Waals surface area contributed by atoms with Gasteiger partial charge in [-0.2, -0.15) is 0 Å². The molecular formula is C8H3ClINO2S. The summed E-state index contributed by atoms with van der Waals surface area (Å²) in [5.41, 5.74) is 0. The highest BCUT2D eigenvalue weighted by molar-refractivity contribution is 14.1. The summed E-state index contributed by atoms with van der Waals surface area (Å²) in [5.74, 6) is 0. The van der Waals surface area contributed by atoms with Crippen LogP contribution >= 0.6 is 45.5 Å². The Hall–Kier alpha value is -0.400. The molecule has 0 spiro atoms. The first kappa shape index (κ1) is 10.1. The lowest BCUT2D eigenvalue weighted by Crippen LogP contribution is -1.80. The van der Waals surface area contributed by atoms with E-state index in [-0.39, 0.29) is 9.92 Å². The van der Waals surface area contributed by atoms with Crippen LogP contribution in [-0.2, 0) is 0 Å². The first-order chi connectivity index (χ1) is 6.58. The fourth-order valence-electron chi connectivity index (χ4n) is 1.11. The van der Waals surface area contributed by atoms with Crippen molar-refractivity contribution in [3.05, 3.63) is 36.9 Å². The van der Waals surface area contributed by atoms with Crippen molar-refractivity contribution >= 4 is 60.6 Å². The number of nitrogens with zero attached hydrogens (tertiary/aromatic N) is 1. The lowest BCUT2D eigenvalue weighted by atomic mass is 10.3. The molecule has 2 aromatic rings. The number of fused-ring (bicyclic) bond motifs is 1. The molecule has 3 nitrogen and oxygen atoms in total. The van der Waals surface area contributed by atoms with Gasteiger partial charge in [-0.3, -0.25) is 10.1 Å². The standard InChI is InChI=1S/C8H3ClINO2S/c9-5-1-4-2-8(11(12)13)14-7(4)3-6(5)10/h1-3H. The van der Waals surface area contributed by atoms with Gasteiger partial charge in [-0.15, -0.1) is 0 Å². The minimum absolute atomic E-state index is 0.151. The summed E-state index contributed by atoms with van der Waals surface area (Å²) in [5, 5.41) is 12.1. The third kappa shape index (κ3) is 1.71. The summed E-state index contributed by atoms with van der Waals surface area (Å²) in [7, 11) is 0. The Bertz CT molecular complexity index is 486. The Kier molecular flexibility index (Phi) is 2.63. The van der Waals surface area contributed by atoms with Crippen LogP contribution in [0, 0.1) is 13.7 Å². The zero-order valence-electron chi connectivity index (χ0n) is 6.66. The topological polar surface area (TPSA) is 43.1 Å². The molecule has 1 aromatic carbocycles. The van der Waals surface area contributed by atoms with Gasteiger partial charge in [0.15, 0.2) is 0 Å². The van der Waals surface area contributed by atoms with Crippen molar-refractivity contribution < 1.29 is 4.92 Å². The third-order valence-electron chi connectivity index (χ3n) is 1.73. The maximum atomic E-state index is 10.5. The smallest absolute Gasteiger partial charge is 0.258 e. The van der Waals surface area contributed by atoms with E-state index in [9.17, 15) is 10.1 Å².